The third kappa shape index (κ3) is 8.90. The number of carbonyl (C=O) groups is 1. The average Bonchev–Trinajstić information content (AvgIpc) is 2.02. The number of hydrogen-bond acceptors (Lipinski definition) is 4. The first kappa shape index (κ1) is 15.3. The van der Waals surface area contributed by atoms with Gasteiger partial charge in [-0.15, -0.1) is 0 Å². The highest BCUT2D eigenvalue weighted by molar-refractivity contribution is 5.78. The van der Waals surface area contributed by atoms with Crippen LogP contribution in [0.15, 0.2) is 0 Å². The van der Waals surface area contributed by atoms with Gasteiger partial charge in [-0.25, -0.2) is 0 Å². The van der Waals surface area contributed by atoms with Crippen molar-refractivity contribution in [3.63, 3.8) is 0 Å². The van der Waals surface area contributed by atoms with Crippen molar-refractivity contribution in [1.82, 2.24) is 9.80 Å². The second-order valence-electron chi connectivity index (χ2n) is 3.42. The zero-order chi connectivity index (χ0) is 11.7. The van der Waals surface area contributed by atoms with E-state index in [9.17, 15) is 4.79 Å². The molecular weight excluding hydrogens is 184 g/mol. The van der Waals surface area contributed by atoms with Crippen molar-refractivity contribution in [2.45, 2.75) is 19.9 Å². The summed E-state index contributed by atoms with van der Waals surface area (Å²) in [5.41, 5.74) is 0. The van der Waals surface area contributed by atoms with Gasteiger partial charge in [-0.2, -0.15) is 9.59 Å². The fourth-order valence-corrected chi connectivity index (χ4v) is 0.670. The van der Waals surface area contributed by atoms with Gasteiger partial charge in [0.15, 0.2) is 0 Å². The van der Waals surface area contributed by atoms with E-state index in [1.54, 1.807) is 4.90 Å². The van der Waals surface area contributed by atoms with Crippen LogP contribution in [-0.2, 0) is 14.4 Å². The molecule has 0 aliphatic carbocycles. The average molecular weight is 202 g/mol. The molecule has 82 valence electrons. The number of nitrogens with zero attached hydrogens (tertiary/aromatic N) is 2. The first-order chi connectivity index (χ1) is 6.36. The molecule has 0 saturated heterocycles. The van der Waals surface area contributed by atoms with E-state index in [4.69, 9.17) is 9.59 Å². The van der Waals surface area contributed by atoms with Gasteiger partial charge in [-0.05, 0) is 27.9 Å². The van der Waals surface area contributed by atoms with Crippen molar-refractivity contribution < 1.29 is 14.4 Å². The SMILES string of the molecule is CC(C)N(C)C(=O)CN(C)C.O=C=O. The quantitative estimate of drug-likeness (QED) is 0.637. The Morgan fingerprint density at radius 3 is 1.79 bits per heavy atom. The van der Waals surface area contributed by atoms with E-state index in [2.05, 4.69) is 0 Å². The van der Waals surface area contributed by atoms with E-state index in [1.807, 2.05) is 39.9 Å². The highest BCUT2D eigenvalue weighted by atomic mass is 16.2. The molecule has 0 unspecified atom stereocenters. The van der Waals surface area contributed by atoms with Gasteiger partial charge >= 0.3 is 6.15 Å². The van der Waals surface area contributed by atoms with E-state index in [0.717, 1.165) is 0 Å². The Bertz CT molecular complexity index is 196. The van der Waals surface area contributed by atoms with Crippen LogP contribution in [-0.4, -0.2) is 55.6 Å². The first-order valence-electron chi connectivity index (χ1n) is 4.26. The summed E-state index contributed by atoms with van der Waals surface area (Å²) in [4.78, 5) is 31.2. The molecule has 0 aliphatic heterocycles. The van der Waals surface area contributed by atoms with Gasteiger partial charge in [0, 0.05) is 13.1 Å². The molecule has 0 rings (SSSR count). The molecule has 0 aromatic heterocycles. The van der Waals surface area contributed by atoms with E-state index in [1.165, 1.54) is 0 Å². The van der Waals surface area contributed by atoms with Crippen LogP contribution in [0.5, 0.6) is 0 Å². The Balaban J connectivity index is 0. The molecule has 5 heteroatoms. The number of hydrogen-bond donors (Lipinski definition) is 0. The van der Waals surface area contributed by atoms with Crippen molar-refractivity contribution >= 4 is 12.1 Å². The third-order valence-electron chi connectivity index (χ3n) is 1.62. The number of amides is 1. The maximum atomic E-state index is 11.3. The van der Waals surface area contributed by atoms with Crippen molar-refractivity contribution in [3.8, 4) is 0 Å². The molecule has 0 bridgehead atoms. The Labute approximate surface area is 84.7 Å². The van der Waals surface area contributed by atoms with Gasteiger partial charge in [-0.3, -0.25) is 4.79 Å². The van der Waals surface area contributed by atoms with Gasteiger partial charge in [0.05, 0.1) is 6.54 Å². The summed E-state index contributed by atoms with van der Waals surface area (Å²) in [6, 6.07) is 0.294. The molecule has 0 N–H and O–H groups in total. The lowest BCUT2D eigenvalue weighted by atomic mass is 10.3. The Morgan fingerprint density at radius 2 is 1.57 bits per heavy atom. The lowest BCUT2D eigenvalue weighted by Crippen LogP contribution is -2.39. The summed E-state index contributed by atoms with van der Waals surface area (Å²) in [6.07, 6.45) is 0.250. The largest absolute Gasteiger partial charge is 0.373 e. The molecular formula is C9H18N2O3. The van der Waals surface area contributed by atoms with Crippen LogP contribution in [0.4, 0.5) is 0 Å². The molecule has 0 spiro atoms. The molecule has 5 nitrogen and oxygen atoms in total. The zero-order valence-electron chi connectivity index (χ0n) is 9.40. The van der Waals surface area contributed by atoms with Gasteiger partial charge in [0.2, 0.25) is 5.91 Å². The maximum absolute atomic E-state index is 11.3. The minimum Gasteiger partial charge on any atom is -0.342 e. The van der Waals surface area contributed by atoms with Gasteiger partial charge in [-0.1, -0.05) is 0 Å². The second-order valence-corrected chi connectivity index (χ2v) is 3.42. The fraction of sp³-hybridized carbons (Fsp3) is 0.778. The van der Waals surface area contributed by atoms with Crippen molar-refractivity contribution in [3.05, 3.63) is 0 Å². The minimum absolute atomic E-state index is 0.171. The minimum atomic E-state index is 0.171. The van der Waals surface area contributed by atoms with Crippen LogP contribution in [0.1, 0.15) is 13.8 Å². The van der Waals surface area contributed by atoms with Crippen LogP contribution in [0.25, 0.3) is 0 Å². The lowest BCUT2D eigenvalue weighted by Gasteiger charge is -2.23. The molecule has 0 aliphatic rings. The molecule has 0 aromatic rings. The van der Waals surface area contributed by atoms with Crippen LogP contribution >= 0.6 is 0 Å². The third-order valence-corrected chi connectivity index (χ3v) is 1.62. The maximum Gasteiger partial charge on any atom is 0.373 e. The summed E-state index contributed by atoms with van der Waals surface area (Å²) in [5, 5.41) is 0. The summed E-state index contributed by atoms with van der Waals surface area (Å²) >= 11 is 0. The second kappa shape index (κ2) is 8.41. The van der Waals surface area contributed by atoms with Crippen LogP contribution in [0, 0.1) is 0 Å². The number of likely N-dealkylation sites (N-methyl/N-ethyl adjacent to an activating group) is 2. The van der Waals surface area contributed by atoms with E-state index in [-0.39, 0.29) is 12.1 Å². The molecule has 0 fully saturated rings. The van der Waals surface area contributed by atoms with E-state index >= 15 is 0 Å². The summed E-state index contributed by atoms with van der Waals surface area (Å²) in [5.74, 6) is 0.171. The summed E-state index contributed by atoms with van der Waals surface area (Å²) in [6.45, 7) is 4.51. The highest BCUT2D eigenvalue weighted by Gasteiger charge is 2.11. The lowest BCUT2D eigenvalue weighted by molar-refractivity contribution is -0.191. The summed E-state index contributed by atoms with van der Waals surface area (Å²) < 4.78 is 0. The van der Waals surface area contributed by atoms with Gasteiger partial charge in [0.25, 0.3) is 0 Å². The van der Waals surface area contributed by atoms with Crippen LogP contribution in [0.3, 0.4) is 0 Å². The predicted molar refractivity (Wildman–Crippen MR) is 51.5 cm³/mol. The van der Waals surface area contributed by atoms with Gasteiger partial charge in [0.1, 0.15) is 0 Å². The smallest absolute Gasteiger partial charge is 0.342 e. The monoisotopic (exact) mass is 202 g/mol. The molecule has 14 heavy (non-hydrogen) atoms. The highest BCUT2D eigenvalue weighted by Crippen LogP contribution is 1.94. The van der Waals surface area contributed by atoms with Gasteiger partial charge < -0.3 is 9.80 Å². The molecule has 0 radical (unpaired) electrons. The van der Waals surface area contributed by atoms with E-state index in [0.29, 0.717) is 12.6 Å². The Kier molecular flexibility index (Phi) is 9.18. The first-order valence-corrected chi connectivity index (χ1v) is 4.26. The molecule has 0 heterocycles. The number of carbonyl (C=O) groups excluding carboxylic acids is 3. The molecule has 0 aromatic carbocycles. The fourth-order valence-electron chi connectivity index (χ4n) is 0.670. The van der Waals surface area contributed by atoms with Crippen LogP contribution in [0.2, 0.25) is 0 Å². The van der Waals surface area contributed by atoms with Crippen molar-refractivity contribution in [2.24, 2.45) is 0 Å². The molecule has 1 amide bonds. The number of rotatable bonds is 3. The topological polar surface area (TPSA) is 57.7 Å². The normalized spacial score (nSPS) is 9.07. The Hall–Kier alpha value is -1.19. The Morgan fingerprint density at radius 1 is 1.21 bits per heavy atom. The van der Waals surface area contributed by atoms with Crippen molar-refractivity contribution in [2.75, 3.05) is 27.7 Å². The summed E-state index contributed by atoms with van der Waals surface area (Å²) in [7, 11) is 5.62. The molecule has 0 atom stereocenters. The predicted octanol–water partition coefficient (Wildman–Crippen LogP) is -0.169. The van der Waals surface area contributed by atoms with Crippen molar-refractivity contribution in [1.29, 1.82) is 0 Å². The zero-order valence-corrected chi connectivity index (χ0v) is 9.40. The molecule has 0 saturated carbocycles. The van der Waals surface area contributed by atoms with E-state index < -0.39 is 0 Å². The standard InChI is InChI=1S/C8H18N2O.CO2/c1-7(2)10(5)8(11)6-9(3)4;2-1-3/h7H,6H2,1-5H3;. The van der Waals surface area contributed by atoms with Crippen LogP contribution < -0.4 is 0 Å².